The van der Waals surface area contributed by atoms with Crippen LogP contribution >= 0.6 is 0 Å². The van der Waals surface area contributed by atoms with E-state index in [4.69, 9.17) is 0 Å². The first-order valence-corrected chi connectivity index (χ1v) is 4.86. The van der Waals surface area contributed by atoms with Gasteiger partial charge >= 0.3 is 5.69 Å². The molecule has 0 unspecified atom stereocenters. The van der Waals surface area contributed by atoms with Crippen LogP contribution in [0.2, 0.25) is 0 Å². The highest BCUT2D eigenvalue weighted by Crippen LogP contribution is 2.11. The van der Waals surface area contributed by atoms with E-state index in [0.717, 1.165) is 5.52 Å². The highest BCUT2D eigenvalue weighted by atomic mass is 16.2. The fraction of sp³-hybridized carbons (Fsp3) is 0.273. The van der Waals surface area contributed by atoms with E-state index < -0.39 is 0 Å². The fourth-order valence-electron chi connectivity index (χ4n) is 1.69. The van der Waals surface area contributed by atoms with E-state index in [1.54, 1.807) is 20.0 Å². The summed E-state index contributed by atoms with van der Waals surface area (Å²) in [6.07, 6.45) is 0.327. The number of hydrogen-bond acceptors (Lipinski definition) is 2. The number of benzene rings is 1. The maximum atomic E-state index is 11.8. The molecule has 15 heavy (non-hydrogen) atoms. The Labute approximate surface area is 86.7 Å². The molecule has 1 aromatic heterocycles. The molecule has 0 aliphatic carbocycles. The summed E-state index contributed by atoms with van der Waals surface area (Å²) in [5.74, 6) is -0.170. The Balaban J connectivity index is 2.90. The lowest BCUT2D eigenvalue weighted by molar-refractivity contribution is 0.0909. The Morgan fingerprint density at radius 3 is 2.47 bits per heavy atom. The SMILES string of the molecule is CCC(=O)n1c(=O)n(C)c2ccccc21. The smallest absolute Gasteiger partial charge is 0.295 e. The van der Waals surface area contributed by atoms with Gasteiger partial charge in [-0.1, -0.05) is 19.1 Å². The van der Waals surface area contributed by atoms with Crippen LogP contribution in [0.1, 0.15) is 18.1 Å². The van der Waals surface area contributed by atoms with Crippen LogP contribution in [-0.2, 0) is 7.05 Å². The summed E-state index contributed by atoms with van der Waals surface area (Å²) in [7, 11) is 1.67. The summed E-state index contributed by atoms with van der Waals surface area (Å²) in [5.41, 5.74) is 1.18. The van der Waals surface area contributed by atoms with Gasteiger partial charge in [-0.2, -0.15) is 0 Å². The van der Waals surface area contributed by atoms with Crippen LogP contribution in [0.4, 0.5) is 0 Å². The maximum absolute atomic E-state index is 11.8. The molecule has 4 nitrogen and oxygen atoms in total. The second kappa shape index (κ2) is 3.38. The molecule has 0 N–H and O–H groups in total. The van der Waals surface area contributed by atoms with Gasteiger partial charge in [-0.15, -0.1) is 0 Å². The van der Waals surface area contributed by atoms with Crippen LogP contribution in [0.25, 0.3) is 11.0 Å². The number of aromatic nitrogens is 2. The van der Waals surface area contributed by atoms with E-state index in [-0.39, 0.29) is 11.6 Å². The van der Waals surface area contributed by atoms with Crippen molar-refractivity contribution in [1.82, 2.24) is 9.13 Å². The summed E-state index contributed by atoms with van der Waals surface area (Å²) in [5, 5.41) is 0. The predicted octanol–water partition coefficient (Wildman–Crippen LogP) is 1.39. The van der Waals surface area contributed by atoms with Crippen LogP contribution < -0.4 is 5.69 Å². The molecule has 2 aromatic rings. The Bertz CT molecular complexity index is 578. The van der Waals surface area contributed by atoms with Gasteiger partial charge in [0.15, 0.2) is 0 Å². The average Bonchev–Trinajstić information content (AvgIpc) is 2.52. The zero-order chi connectivity index (χ0) is 11.0. The van der Waals surface area contributed by atoms with Crippen molar-refractivity contribution in [3.05, 3.63) is 34.7 Å². The highest BCUT2D eigenvalue weighted by Gasteiger charge is 2.13. The molecule has 78 valence electrons. The first-order valence-electron chi connectivity index (χ1n) is 4.86. The van der Waals surface area contributed by atoms with Crippen LogP contribution in [0, 0.1) is 0 Å². The molecule has 2 rings (SSSR count). The third-order valence-electron chi connectivity index (χ3n) is 2.51. The zero-order valence-electron chi connectivity index (χ0n) is 8.73. The summed E-state index contributed by atoms with van der Waals surface area (Å²) in [4.78, 5) is 23.4. The first-order chi connectivity index (χ1) is 7.16. The van der Waals surface area contributed by atoms with Gasteiger partial charge in [0.25, 0.3) is 0 Å². The Hall–Kier alpha value is -1.84. The minimum atomic E-state index is -0.275. The summed E-state index contributed by atoms with van der Waals surface area (Å²) < 4.78 is 2.72. The number of fused-ring (bicyclic) bond motifs is 1. The molecule has 0 aliphatic rings. The molecule has 0 bridgehead atoms. The maximum Gasteiger partial charge on any atom is 0.335 e. The quantitative estimate of drug-likeness (QED) is 0.704. The molecule has 0 spiro atoms. The number of carbonyl (C=O) groups is 1. The minimum absolute atomic E-state index is 0.170. The van der Waals surface area contributed by atoms with Crippen molar-refractivity contribution in [3.8, 4) is 0 Å². The van der Waals surface area contributed by atoms with Crippen LogP contribution in [0.5, 0.6) is 0 Å². The lowest BCUT2D eigenvalue weighted by Gasteiger charge is -1.97. The standard InChI is InChI=1S/C11H12N2O2/c1-3-10(14)13-9-7-5-4-6-8(9)12(2)11(13)15/h4-7H,3H2,1-2H3. The van der Waals surface area contributed by atoms with Crippen molar-refractivity contribution < 1.29 is 4.79 Å². The third-order valence-corrected chi connectivity index (χ3v) is 2.51. The predicted molar refractivity (Wildman–Crippen MR) is 58.1 cm³/mol. The normalized spacial score (nSPS) is 10.8. The number of para-hydroxylation sites is 2. The number of carbonyl (C=O) groups excluding carboxylic acids is 1. The van der Waals surface area contributed by atoms with Gasteiger partial charge in [0, 0.05) is 13.5 Å². The molecule has 0 aliphatic heterocycles. The van der Waals surface area contributed by atoms with Crippen molar-refractivity contribution in [2.75, 3.05) is 0 Å². The molecule has 0 saturated heterocycles. The Morgan fingerprint density at radius 1 is 1.27 bits per heavy atom. The highest BCUT2D eigenvalue weighted by molar-refractivity contribution is 5.90. The van der Waals surface area contributed by atoms with Crippen molar-refractivity contribution in [2.24, 2.45) is 7.05 Å². The number of nitrogens with zero attached hydrogens (tertiary/aromatic N) is 2. The van der Waals surface area contributed by atoms with Gasteiger partial charge in [-0.25, -0.2) is 9.36 Å². The number of hydrogen-bond donors (Lipinski definition) is 0. The second-order valence-electron chi connectivity index (χ2n) is 3.41. The van der Waals surface area contributed by atoms with Crippen molar-refractivity contribution >= 4 is 16.9 Å². The van der Waals surface area contributed by atoms with Gasteiger partial charge in [0.05, 0.1) is 11.0 Å². The molecule has 1 aromatic carbocycles. The second-order valence-corrected chi connectivity index (χ2v) is 3.41. The van der Waals surface area contributed by atoms with Crippen LogP contribution in [0.15, 0.2) is 29.1 Å². The topological polar surface area (TPSA) is 44.0 Å². The molecule has 0 saturated carbocycles. The number of imidazole rings is 1. The lowest BCUT2D eigenvalue weighted by Crippen LogP contribution is -2.27. The van der Waals surface area contributed by atoms with E-state index in [2.05, 4.69) is 0 Å². The van der Waals surface area contributed by atoms with Crippen molar-refractivity contribution in [1.29, 1.82) is 0 Å². The van der Waals surface area contributed by atoms with Crippen LogP contribution in [0.3, 0.4) is 0 Å². The summed E-state index contributed by atoms with van der Waals surface area (Å²) in [6.45, 7) is 1.75. The van der Waals surface area contributed by atoms with Gasteiger partial charge in [-0.3, -0.25) is 9.36 Å². The van der Waals surface area contributed by atoms with Gasteiger partial charge < -0.3 is 0 Å². The molecular formula is C11H12N2O2. The van der Waals surface area contributed by atoms with Crippen molar-refractivity contribution in [3.63, 3.8) is 0 Å². The zero-order valence-corrected chi connectivity index (χ0v) is 8.73. The van der Waals surface area contributed by atoms with E-state index in [1.807, 2.05) is 18.2 Å². The van der Waals surface area contributed by atoms with Crippen LogP contribution in [-0.4, -0.2) is 15.0 Å². The average molecular weight is 204 g/mol. The molecule has 0 fully saturated rings. The molecule has 4 heteroatoms. The monoisotopic (exact) mass is 204 g/mol. The Morgan fingerprint density at radius 2 is 1.87 bits per heavy atom. The lowest BCUT2D eigenvalue weighted by atomic mass is 10.3. The minimum Gasteiger partial charge on any atom is -0.295 e. The molecule has 0 atom stereocenters. The fourth-order valence-corrected chi connectivity index (χ4v) is 1.69. The van der Waals surface area contributed by atoms with Crippen molar-refractivity contribution in [2.45, 2.75) is 13.3 Å². The van der Waals surface area contributed by atoms with Gasteiger partial charge in [0.2, 0.25) is 5.91 Å². The molecule has 1 heterocycles. The number of aryl methyl sites for hydroxylation is 1. The largest absolute Gasteiger partial charge is 0.335 e. The van der Waals surface area contributed by atoms with E-state index in [0.29, 0.717) is 11.9 Å². The first kappa shape index (κ1) is 9.71. The number of rotatable bonds is 1. The van der Waals surface area contributed by atoms with E-state index >= 15 is 0 Å². The third kappa shape index (κ3) is 1.29. The van der Waals surface area contributed by atoms with E-state index in [1.165, 1.54) is 9.13 Å². The van der Waals surface area contributed by atoms with E-state index in [9.17, 15) is 9.59 Å². The van der Waals surface area contributed by atoms with Gasteiger partial charge in [0.1, 0.15) is 0 Å². The molecule has 0 radical (unpaired) electrons. The summed E-state index contributed by atoms with van der Waals surface area (Å²) in [6, 6.07) is 7.28. The van der Waals surface area contributed by atoms with Gasteiger partial charge in [-0.05, 0) is 12.1 Å². The summed E-state index contributed by atoms with van der Waals surface area (Å²) >= 11 is 0. The molecular weight excluding hydrogens is 192 g/mol. The Kier molecular flexibility index (Phi) is 2.19. The molecule has 0 amide bonds.